The topological polar surface area (TPSA) is 32.3 Å². The van der Waals surface area contributed by atoms with E-state index >= 15 is 0 Å². The molecule has 17 heavy (non-hydrogen) atoms. The van der Waals surface area contributed by atoms with E-state index in [1.807, 2.05) is 35.2 Å². The fraction of sp³-hybridized carbons (Fsp3) is 0.308. The van der Waals surface area contributed by atoms with Crippen molar-refractivity contribution in [3.05, 3.63) is 39.5 Å². The molecular formula is C13H15IN2O. The van der Waals surface area contributed by atoms with Crippen LogP contribution >= 0.6 is 22.6 Å². The van der Waals surface area contributed by atoms with Gasteiger partial charge in [-0.05, 0) is 40.3 Å². The van der Waals surface area contributed by atoms with E-state index in [4.69, 9.17) is 0 Å². The SMILES string of the molecule is O=C(/C=C/c1ccccc1I)N1CCNCC1. The van der Waals surface area contributed by atoms with Gasteiger partial charge in [0.1, 0.15) is 0 Å². The molecule has 0 saturated carbocycles. The zero-order valence-corrected chi connectivity index (χ0v) is 11.7. The Labute approximate surface area is 115 Å². The quantitative estimate of drug-likeness (QED) is 0.656. The molecule has 1 N–H and O–H groups in total. The van der Waals surface area contributed by atoms with Crippen molar-refractivity contribution in [2.45, 2.75) is 0 Å². The molecule has 0 aliphatic carbocycles. The predicted octanol–water partition coefficient (Wildman–Crippen LogP) is 1.74. The van der Waals surface area contributed by atoms with Crippen LogP contribution in [0, 0.1) is 3.57 Å². The molecular weight excluding hydrogens is 327 g/mol. The molecule has 0 aromatic heterocycles. The maximum absolute atomic E-state index is 11.9. The summed E-state index contributed by atoms with van der Waals surface area (Å²) >= 11 is 2.28. The normalized spacial score (nSPS) is 16.4. The van der Waals surface area contributed by atoms with Crippen LogP contribution in [0.15, 0.2) is 30.3 Å². The average Bonchev–Trinajstić information content (AvgIpc) is 2.38. The van der Waals surface area contributed by atoms with Crippen LogP contribution in [-0.2, 0) is 4.79 Å². The van der Waals surface area contributed by atoms with Crippen molar-refractivity contribution in [1.82, 2.24) is 10.2 Å². The van der Waals surface area contributed by atoms with Crippen molar-refractivity contribution in [2.24, 2.45) is 0 Å². The summed E-state index contributed by atoms with van der Waals surface area (Å²) in [5.74, 6) is 0.103. The lowest BCUT2D eigenvalue weighted by molar-refractivity contribution is -0.126. The highest BCUT2D eigenvalue weighted by atomic mass is 127. The molecule has 0 bridgehead atoms. The van der Waals surface area contributed by atoms with Crippen LogP contribution in [0.5, 0.6) is 0 Å². The van der Waals surface area contributed by atoms with Crippen molar-refractivity contribution >= 4 is 34.6 Å². The van der Waals surface area contributed by atoms with E-state index in [-0.39, 0.29) is 5.91 Å². The Hall–Kier alpha value is -0.880. The third kappa shape index (κ3) is 3.54. The second kappa shape index (κ2) is 6.16. The molecule has 1 aliphatic rings. The lowest BCUT2D eigenvalue weighted by atomic mass is 10.2. The van der Waals surface area contributed by atoms with Gasteiger partial charge >= 0.3 is 0 Å². The number of nitrogens with one attached hydrogen (secondary N) is 1. The molecule has 4 heteroatoms. The van der Waals surface area contributed by atoms with Gasteiger partial charge in [-0.2, -0.15) is 0 Å². The first-order chi connectivity index (χ1) is 8.27. The van der Waals surface area contributed by atoms with Gasteiger partial charge in [0.15, 0.2) is 0 Å². The maximum Gasteiger partial charge on any atom is 0.246 e. The highest BCUT2D eigenvalue weighted by Crippen LogP contribution is 2.13. The van der Waals surface area contributed by atoms with E-state index in [0.717, 1.165) is 35.3 Å². The van der Waals surface area contributed by atoms with E-state index in [1.165, 1.54) is 0 Å². The molecule has 1 heterocycles. The highest BCUT2D eigenvalue weighted by molar-refractivity contribution is 14.1. The van der Waals surface area contributed by atoms with Crippen LogP contribution in [-0.4, -0.2) is 37.0 Å². The molecule has 1 aromatic carbocycles. The molecule has 0 unspecified atom stereocenters. The van der Waals surface area contributed by atoms with E-state index in [1.54, 1.807) is 6.08 Å². The molecule has 1 amide bonds. The number of hydrogen-bond acceptors (Lipinski definition) is 2. The molecule has 3 nitrogen and oxygen atoms in total. The Morgan fingerprint density at radius 3 is 2.71 bits per heavy atom. The van der Waals surface area contributed by atoms with Gasteiger partial charge in [0.05, 0.1) is 0 Å². The van der Waals surface area contributed by atoms with Gasteiger partial charge in [-0.15, -0.1) is 0 Å². The summed E-state index contributed by atoms with van der Waals surface area (Å²) < 4.78 is 1.16. The zero-order valence-electron chi connectivity index (χ0n) is 9.53. The Morgan fingerprint density at radius 2 is 2.00 bits per heavy atom. The van der Waals surface area contributed by atoms with Crippen molar-refractivity contribution in [3.63, 3.8) is 0 Å². The summed E-state index contributed by atoms with van der Waals surface area (Å²) in [6, 6.07) is 8.03. The lowest BCUT2D eigenvalue weighted by Crippen LogP contribution is -2.45. The van der Waals surface area contributed by atoms with Gasteiger partial charge in [0.25, 0.3) is 0 Å². The molecule has 1 aromatic rings. The molecule has 0 spiro atoms. The summed E-state index contributed by atoms with van der Waals surface area (Å²) in [6.07, 6.45) is 3.56. The molecule has 1 fully saturated rings. The smallest absolute Gasteiger partial charge is 0.246 e. The summed E-state index contributed by atoms with van der Waals surface area (Å²) in [7, 11) is 0. The van der Waals surface area contributed by atoms with E-state index in [2.05, 4.69) is 27.9 Å². The molecule has 0 atom stereocenters. The fourth-order valence-electron chi connectivity index (χ4n) is 1.76. The molecule has 1 saturated heterocycles. The highest BCUT2D eigenvalue weighted by Gasteiger charge is 2.13. The summed E-state index contributed by atoms with van der Waals surface area (Å²) in [6.45, 7) is 3.38. The Kier molecular flexibility index (Phi) is 4.56. The van der Waals surface area contributed by atoms with Gasteiger partial charge in [0.2, 0.25) is 5.91 Å². The number of piperazine rings is 1. The fourth-order valence-corrected chi connectivity index (χ4v) is 2.33. The standard InChI is InChI=1S/C13H15IN2O/c14-12-4-2-1-3-11(12)5-6-13(17)16-9-7-15-8-10-16/h1-6,15H,7-10H2/b6-5+. The van der Waals surface area contributed by atoms with Gasteiger partial charge in [-0.1, -0.05) is 18.2 Å². The third-order valence-electron chi connectivity index (χ3n) is 2.74. The second-order valence-corrected chi connectivity index (χ2v) is 5.09. The lowest BCUT2D eigenvalue weighted by Gasteiger charge is -2.26. The van der Waals surface area contributed by atoms with Crippen LogP contribution in [0.2, 0.25) is 0 Å². The molecule has 2 rings (SSSR count). The predicted molar refractivity (Wildman–Crippen MR) is 77.6 cm³/mol. The van der Waals surface area contributed by atoms with E-state index in [0.29, 0.717) is 0 Å². The number of amides is 1. The van der Waals surface area contributed by atoms with Crippen molar-refractivity contribution < 1.29 is 4.79 Å². The summed E-state index contributed by atoms with van der Waals surface area (Å²) in [4.78, 5) is 13.8. The van der Waals surface area contributed by atoms with Gasteiger partial charge in [-0.25, -0.2) is 0 Å². The number of benzene rings is 1. The minimum Gasteiger partial charge on any atom is -0.337 e. The van der Waals surface area contributed by atoms with Crippen LogP contribution in [0.1, 0.15) is 5.56 Å². The number of nitrogens with zero attached hydrogens (tertiary/aromatic N) is 1. The summed E-state index contributed by atoms with van der Waals surface area (Å²) in [5.41, 5.74) is 1.09. The Morgan fingerprint density at radius 1 is 1.29 bits per heavy atom. The van der Waals surface area contributed by atoms with E-state index < -0.39 is 0 Å². The van der Waals surface area contributed by atoms with Crippen LogP contribution in [0.3, 0.4) is 0 Å². The number of carbonyl (C=O) groups excluding carboxylic acids is 1. The maximum atomic E-state index is 11.9. The second-order valence-electron chi connectivity index (χ2n) is 3.93. The largest absolute Gasteiger partial charge is 0.337 e. The number of rotatable bonds is 2. The molecule has 1 aliphatic heterocycles. The molecule has 90 valence electrons. The Bertz CT molecular complexity index is 425. The van der Waals surface area contributed by atoms with Crippen molar-refractivity contribution in [2.75, 3.05) is 26.2 Å². The van der Waals surface area contributed by atoms with Crippen LogP contribution in [0.4, 0.5) is 0 Å². The van der Waals surface area contributed by atoms with Crippen LogP contribution in [0.25, 0.3) is 6.08 Å². The molecule has 0 radical (unpaired) electrons. The number of hydrogen-bond donors (Lipinski definition) is 1. The monoisotopic (exact) mass is 342 g/mol. The van der Waals surface area contributed by atoms with Crippen molar-refractivity contribution in [3.8, 4) is 0 Å². The van der Waals surface area contributed by atoms with Crippen molar-refractivity contribution in [1.29, 1.82) is 0 Å². The van der Waals surface area contributed by atoms with Crippen LogP contribution < -0.4 is 5.32 Å². The third-order valence-corrected chi connectivity index (χ3v) is 3.72. The van der Waals surface area contributed by atoms with Gasteiger partial charge in [-0.3, -0.25) is 4.79 Å². The van der Waals surface area contributed by atoms with Gasteiger partial charge in [0, 0.05) is 35.8 Å². The number of halogens is 1. The van der Waals surface area contributed by atoms with E-state index in [9.17, 15) is 4.79 Å². The zero-order chi connectivity index (χ0) is 12.1. The first kappa shape index (κ1) is 12.6. The first-order valence-corrected chi connectivity index (χ1v) is 6.77. The van der Waals surface area contributed by atoms with Gasteiger partial charge < -0.3 is 10.2 Å². The Balaban J connectivity index is 2.00. The minimum absolute atomic E-state index is 0.103. The summed E-state index contributed by atoms with van der Waals surface area (Å²) in [5, 5.41) is 3.23. The minimum atomic E-state index is 0.103. The number of carbonyl (C=O) groups is 1. The first-order valence-electron chi connectivity index (χ1n) is 5.69. The average molecular weight is 342 g/mol.